The normalized spacial score (nSPS) is 36.1. The molecule has 0 aromatic heterocycles. The van der Waals surface area contributed by atoms with Gasteiger partial charge in [0.15, 0.2) is 11.5 Å². The van der Waals surface area contributed by atoms with Gasteiger partial charge in [-0.05, 0) is 75.3 Å². The predicted octanol–water partition coefficient (Wildman–Crippen LogP) is 4.18. The highest BCUT2D eigenvalue weighted by Crippen LogP contribution is 2.57. The van der Waals surface area contributed by atoms with Gasteiger partial charge in [-0.15, -0.1) is 0 Å². The second-order valence-electron chi connectivity index (χ2n) is 7.53. The highest BCUT2D eigenvalue weighted by Gasteiger charge is 2.50. The summed E-state index contributed by atoms with van der Waals surface area (Å²) in [5, 5.41) is 10.3. The van der Waals surface area contributed by atoms with Crippen molar-refractivity contribution in [2.24, 2.45) is 22.7 Å². The van der Waals surface area contributed by atoms with Crippen LogP contribution in [0.15, 0.2) is 23.2 Å². The summed E-state index contributed by atoms with van der Waals surface area (Å²) >= 11 is 0. The molecule has 1 aromatic rings. The van der Waals surface area contributed by atoms with Gasteiger partial charge in [0.2, 0.25) is 0 Å². The van der Waals surface area contributed by atoms with Gasteiger partial charge in [0, 0.05) is 11.8 Å². The van der Waals surface area contributed by atoms with Crippen LogP contribution in [0.3, 0.4) is 0 Å². The highest BCUT2D eigenvalue weighted by atomic mass is 16.5. The van der Waals surface area contributed by atoms with Gasteiger partial charge >= 0.3 is 0 Å². The molecule has 3 heteroatoms. The van der Waals surface area contributed by atoms with Crippen molar-refractivity contribution in [2.75, 3.05) is 6.61 Å². The molecule has 0 heterocycles. The lowest BCUT2D eigenvalue weighted by Crippen LogP contribution is -2.49. The van der Waals surface area contributed by atoms with Gasteiger partial charge < -0.3 is 9.84 Å². The Balaban J connectivity index is 1.58. The third-order valence-electron chi connectivity index (χ3n) is 5.81. The molecule has 4 aliphatic carbocycles. The van der Waals surface area contributed by atoms with Crippen molar-refractivity contribution in [1.29, 1.82) is 0 Å². The van der Waals surface area contributed by atoms with E-state index in [1.165, 1.54) is 38.5 Å². The molecular formula is C19H25NO2. The molecule has 0 atom stereocenters. The van der Waals surface area contributed by atoms with Crippen molar-refractivity contribution in [1.82, 2.24) is 0 Å². The van der Waals surface area contributed by atoms with E-state index in [-0.39, 0.29) is 11.3 Å². The summed E-state index contributed by atoms with van der Waals surface area (Å²) in [6, 6.07) is 5.65. The summed E-state index contributed by atoms with van der Waals surface area (Å²) in [7, 11) is 0. The lowest BCUT2D eigenvalue weighted by molar-refractivity contribution is 0.00194. The van der Waals surface area contributed by atoms with E-state index in [0.717, 1.165) is 23.3 Å². The molecule has 1 aromatic carbocycles. The van der Waals surface area contributed by atoms with Gasteiger partial charge in [-0.1, -0.05) is 6.07 Å². The fraction of sp³-hybridized carbons (Fsp3) is 0.632. The molecule has 1 N–H and O–H groups in total. The summed E-state index contributed by atoms with van der Waals surface area (Å²) in [5.74, 6) is 3.46. The van der Waals surface area contributed by atoms with E-state index in [4.69, 9.17) is 9.73 Å². The molecule has 4 aliphatic rings. The number of aromatic hydroxyl groups is 1. The van der Waals surface area contributed by atoms with Crippen molar-refractivity contribution >= 4 is 6.21 Å². The zero-order valence-corrected chi connectivity index (χ0v) is 13.3. The van der Waals surface area contributed by atoms with E-state index < -0.39 is 0 Å². The number of nitrogens with zero attached hydrogens (tertiary/aromatic N) is 1. The first-order valence-corrected chi connectivity index (χ1v) is 8.67. The number of hydrogen-bond donors (Lipinski definition) is 1. The van der Waals surface area contributed by atoms with E-state index >= 15 is 0 Å². The molecule has 4 saturated carbocycles. The van der Waals surface area contributed by atoms with Crippen LogP contribution in [-0.4, -0.2) is 23.5 Å². The molecule has 0 aliphatic heterocycles. The van der Waals surface area contributed by atoms with Gasteiger partial charge in [-0.2, -0.15) is 0 Å². The average Bonchev–Trinajstić information content (AvgIpc) is 2.47. The molecule has 5 rings (SSSR count). The molecule has 0 unspecified atom stereocenters. The summed E-state index contributed by atoms with van der Waals surface area (Å²) in [4.78, 5) is 5.01. The molecule has 0 spiro atoms. The average molecular weight is 299 g/mol. The Hall–Kier alpha value is -1.51. The van der Waals surface area contributed by atoms with E-state index in [1.807, 2.05) is 25.3 Å². The van der Waals surface area contributed by atoms with Gasteiger partial charge in [-0.3, -0.25) is 4.99 Å². The summed E-state index contributed by atoms with van der Waals surface area (Å²) in [5.41, 5.74) is 0.935. The number of para-hydroxylation sites is 1. The Morgan fingerprint density at radius 2 is 1.82 bits per heavy atom. The molecule has 22 heavy (non-hydrogen) atoms. The van der Waals surface area contributed by atoms with Crippen LogP contribution >= 0.6 is 0 Å². The van der Waals surface area contributed by atoms with Gasteiger partial charge in [-0.25, -0.2) is 0 Å². The molecule has 0 saturated heterocycles. The largest absolute Gasteiger partial charge is 0.504 e. The van der Waals surface area contributed by atoms with Crippen LogP contribution in [0.1, 0.15) is 51.0 Å². The molecule has 4 fully saturated rings. The van der Waals surface area contributed by atoms with Crippen molar-refractivity contribution in [3.05, 3.63) is 23.8 Å². The minimum atomic E-state index is 0.156. The molecule has 0 amide bonds. The summed E-state index contributed by atoms with van der Waals surface area (Å²) in [6.45, 7) is 2.48. The lowest BCUT2D eigenvalue weighted by Gasteiger charge is -2.54. The van der Waals surface area contributed by atoms with Crippen LogP contribution in [-0.2, 0) is 0 Å². The smallest absolute Gasteiger partial charge is 0.166 e. The van der Waals surface area contributed by atoms with E-state index in [9.17, 15) is 5.11 Å². The standard InChI is InChI=1S/C19H25NO2/c1-2-22-17-5-3-4-16(18(17)21)12-20-19-9-13-6-14(10-19)8-15(7-13)11-19/h3-5,12-15,21H,2,6-11H2,1H3. The van der Waals surface area contributed by atoms with E-state index in [2.05, 4.69) is 0 Å². The Bertz CT molecular complexity index is 558. The van der Waals surface area contributed by atoms with Crippen LogP contribution < -0.4 is 4.74 Å². The van der Waals surface area contributed by atoms with Crippen molar-refractivity contribution in [3.8, 4) is 11.5 Å². The zero-order chi connectivity index (χ0) is 15.2. The number of phenolic OH excluding ortho intramolecular Hbond substituents is 1. The number of benzene rings is 1. The Kier molecular flexibility index (Phi) is 3.39. The lowest BCUT2D eigenvalue weighted by atomic mass is 9.53. The van der Waals surface area contributed by atoms with Gasteiger partial charge in [0.1, 0.15) is 0 Å². The van der Waals surface area contributed by atoms with Crippen LogP contribution in [0.5, 0.6) is 11.5 Å². The monoisotopic (exact) mass is 299 g/mol. The van der Waals surface area contributed by atoms with Crippen molar-refractivity contribution < 1.29 is 9.84 Å². The second-order valence-corrected chi connectivity index (χ2v) is 7.53. The molecule has 118 valence electrons. The number of phenols is 1. The first kappa shape index (κ1) is 14.1. The fourth-order valence-corrected chi connectivity index (χ4v) is 5.34. The Morgan fingerprint density at radius 1 is 1.18 bits per heavy atom. The SMILES string of the molecule is CCOc1cccc(C=NC23CC4CC(CC(C4)C2)C3)c1O. The van der Waals surface area contributed by atoms with Gasteiger partial charge in [0.25, 0.3) is 0 Å². The number of hydrogen-bond acceptors (Lipinski definition) is 3. The molecule has 0 radical (unpaired) electrons. The van der Waals surface area contributed by atoms with Crippen LogP contribution in [0.25, 0.3) is 0 Å². The van der Waals surface area contributed by atoms with E-state index in [0.29, 0.717) is 12.4 Å². The molecule has 3 nitrogen and oxygen atoms in total. The third kappa shape index (κ3) is 2.41. The van der Waals surface area contributed by atoms with Crippen molar-refractivity contribution in [2.45, 2.75) is 51.0 Å². The molecule has 4 bridgehead atoms. The maximum atomic E-state index is 10.3. The quantitative estimate of drug-likeness (QED) is 0.847. The Labute approximate surface area is 132 Å². The van der Waals surface area contributed by atoms with Crippen molar-refractivity contribution in [3.63, 3.8) is 0 Å². The van der Waals surface area contributed by atoms with Crippen LogP contribution in [0.4, 0.5) is 0 Å². The number of aliphatic imine (C=N–C) groups is 1. The van der Waals surface area contributed by atoms with Crippen LogP contribution in [0.2, 0.25) is 0 Å². The molecular weight excluding hydrogens is 274 g/mol. The minimum Gasteiger partial charge on any atom is -0.504 e. The topological polar surface area (TPSA) is 41.8 Å². The first-order chi connectivity index (χ1) is 10.7. The summed E-state index contributed by atoms with van der Waals surface area (Å²) < 4.78 is 5.46. The fourth-order valence-electron chi connectivity index (χ4n) is 5.34. The second kappa shape index (κ2) is 5.29. The first-order valence-electron chi connectivity index (χ1n) is 8.67. The number of ether oxygens (including phenoxy) is 1. The van der Waals surface area contributed by atoms with E-state index in [1.54, 1.807) is 6.07 Å². The predicted molar refractivity (Wildman–Crippen MR) is 87.8 cm³/mol. The minimum absolute atomic E-state index is 0.156. The Morgan fingerprint density at radius 3 is 2.41 bits per heavy atom. The van der Waals surface area contributed by atoms with Gasteiger partial charge in [0.05, 0.1) is 12.1 Å². The zero-order valence-electron chi connectivity index (χ0n) is 13.3. The maximum absolute atomic E-state index is 10.3. The highest BCUT2D eigenvalue weighted by molar-refractivity contribution is 5.85. The summed E-state index contributed by atoms with van der Waals surface area (Å²) in [6.07, 6.45) is 9.94. The maximum Gasteiger partial charge on any atom is 0.166 e. The number of rotatable bonds is 4. The van der Waals surface area contributed by atoms with Crippen LogP contribution in [0, 0.1) is 17.8 Å². The third-order valence-corrected chi connectivity index (χ3v) is 5.81.